The summed E-state index contributed by atoms with van der Waals surface area (Å²) >= 11 is 1.70. The maximum atomic E-state index is 4.97. The second-order valence-corrected chi connectivity index (χ2v) is 7.42. The molecule has 1 fully saturated rings. The number of piperazine rings is 1. The molecule has 5 rings (SSSR count). The van der Waals surface area contributed by atoms with Crippen molar-refractivity contribution in [2.75, 3.05) is 36.0 Å². The van der Waals surface area contributed by atoms with E-state index >= 15 is 0 Å². The van der Waals surface area contributed by atoms with E-state index in [4.69, 9.17) is 9.97 Å². The third kappa shape index (κ3) is 3.13. The number of thiazole rings is 1. The van der Waals surface area contributed by atoms with Gasteiger partial charge in [0.2, 0.25) is 0 Å². The van der Waals surface area contributed by atoms with E-state index in [1.165, 1.54) is 0 Å². The predicted molar refractivity (Wildman–Crippen MR) is 112 cm³/mol. The summed E-state index contributed by atoms with van der Waals surface area (Å²) in [6.45, 7) is 3.75. The lowest BCUT2D eigenvalue weighted by Gasteiger charge is -2.35. The summed E-state index contributed by atoms with van der Waals surface area (Å²) in [6.07, 6.45) is 1.87. The molecular formula is C21H19N5S. The van der Waals surface area contributed by atoms with E-state index in [1.807, 2.05) is 35.8 Å². The van der Waals surface area contributed by atoms with Gasteiger partial charge in [-0.1, -0.05) is 42.5 Å². The van der Waals surface area contributed by atoms with Crippen LogP contribution in [0.3, 0.4) is 0 Å². The summed E-state index contributed by atoms with van der Waals surface area (Å²) in [7, 11) is 0. The van der Waals surface area contributed by atoms with Crippen LogP contribution >= 0.6 is 11.3 Å². The van der Waals surface area contributed by atoms with Gasteiger partial charge in [-0.2, -0.15) is 0 Å². The van der Waals surface area contributed by atoms with E-state index < -0.39 is 0 Å². The third-order valence-electron chi connectivity index (χ3n) is 4.88. The summed E-state index contributed by atoms with van der Waals surface area (Å²) in [5, 5.41) is 4.25. The second kappa shape index (κ2) is 6.96. The summed E-state index contributed by atoms with van der Waals surface area (Å²) < 4.78 is 0. The Bertz CT molecular complexity index is 1040. The molecule has 0 spiro atoms. The van der Waals surface area contributed by atoms with Crippen LogP contribution in [0.2, 0.25) is 0 Å². The standard InChI is InChI=1S/C21H19N5S/c1-2-6-16(7-3-1)19-23-18-9-5-4-8-17(18)20(24-19)25-11-13-26(14-12-25)21-22-10-15-27-21/h1-10,15H,11-14H2. The van der Waals surface area contributed by atoms with Crippen LogP contribution in [0.4, 0.5) is 10.9 Å². The number of rotatable bonds is 3. The molecule has 0 bridgehead atoms. The lowest BCUT2D eigenvalue weighted by molar-refractivity contribution is 0.648. The van der Waals surface area contributed by atoms with Gasteiger partial charge in [-0.15, -0.1) is 11.3 Å². The lowest BCUT2D eigenvalue weighted by Crippen LogP contribution is -2.47. The maximum Gasteiger partial charge on any atom is 0.185 e. The predicted octanol–water partition coefficient (Wildman–Crippen LogP) is 4.08. The van der Waals surface area contributed by atoms with E-state index in [9.17, 15) is 0 Å². The number of benzene rings is 2. The first kappa shape index (κ1) is 16.2. The van der Waals surface area contributed by atoms with Crippen LogP contribution in [0.1, 0.15) is 0 Å². The van der Waals surface area contributed by atoms with Gasteiger partial charge in [-0.25, -0.2) is 15.0 Å². The number of aromatic nitrogens is 3. The van der Waals surface area contributed by atoms with Gasteiger partial charge < -0.3 is 9.80 Å². The van der Waals surface area contributed by atoms with Crippen molar-refractivity contribution in [2.24, 2.45) is 0 Å². The van der Waals surface area contributed by atoms with Crippen molar-refractivity contribution in [1.29, 1.82) is 0 Å². The van der Waals surface area contributed by atoms with Crippen LogP contribution < -0.4 is 9.80 Å². The van der Waals surface area contributed by atoms with Crippen molar-refractivity contribution < 1.29 is 0 Å². The molecule has 3 heterocycles. The highest BCUT2D eigenvalue weighted by Gasteiger charge is 2.22. The Balaban J connectivity index is 1.51. The van der Waals surface area contributed by atoms with Gasteiger partial charge in [-0.05, 0) is 12.1 Å². The monoisotopic (exact) mass is 373 g/mol. The van der Waals surface area contributed by atoms with Gasteiger partial charge in [0.05, 0.1) is 5.52 Å². The fourth-order valence-corrected chi connectivity index (χ4v) is 4.20. The maximum absolute atomic E-state index is 4.97. The Morgan fingerprint density at radius 2 is 1.52 bits per heavy atom. The van der Waals surface area contributed by atoms with Crippen molar-refractivity contribution in [3.8, 4) is 11.4 Å². The second-order valence-electron chi connectivity index (χ2n) is 6.54. The van der Waals surface area contributed by atoms with Crippen molar-refractivity contribution >= 4 is 33.2 Å². The quantitative estimate of drug-likeness (QED) is 0.541. The summed E-state index contributed by atoms with van der Waals surface area (Å²) in [4.78, 5) is 18.9. The SMILES string of the molecule is c1ccc(-c2nc(N3CCN(c4nccs4)CC3)c3ccccc3n2)cc1. The molecule has 0 atom stereocenters. The van der Waals surface area contributed by atoms with Crippen LogP contribution in [-0.2, 0) is 0 Å². The molecule has 1 aliphatic rings. The first-order valence-corrected chi connectivity index (χ1v) is 9.98. The largest absolute Gasteiger partial charge is 0.352 e. The van der Waals surface area contributed by atoms with Crippen molar-refractivity contribution in [3.05, 3.63) is 66.2 Å². The van der Waals surface area contributed by atoms with Crippen LogP contribution in [0.5, 0.6) is 0 Å². The van der Waals surface area contributed by atoms with E-state index in [2.05, 4.69) is 45.1 Å². The summed E-state index contributed by atoms with van der Waals surface area (Å²) in [6, 6.07) is 18.5. The van der Waals surface area contributed by atoms with Crippen molar-refractivity contribution in [3.63, 3.8) is 0 Å². The van der Waals surface area contributed by atoms with Gasteiger partial charge in [-0.3, -0.25) is 0 Å². The average molecular weight is 373 g/mol. The zero-order valence-corrected chi connectivity index (χ0v) is 15.6. The molecule has 1 saturated heterocycles. The van der Waals surface area contributed by atoms with E-state index in [0.29, 0.717) is 0 Å². The molecule has 1 aliphatic heterocycles. The molecule has 0 unspecified atom stereocenters. The number of hydrogen-bond acceptors (Lipinski definition) is 6. The minimum atomic E-state index is 0.784. The Morgan fingerprint density at radius 3 is 2.30 bits per heavy atom. The Labute approximate surface area is 162 Å². The first-order chi connectivity index (χ1) is 13.4. The normalized spacial score (nSPS) is 14.7. The fourth-order valence-electron chi connectivity index (χ4n) is 3.50. The number of nitrogens with zero attached hydrogens (tertiary/aromatic N) is 5. The van der Waals surface area contributed by atoms with Crippen LogP contribution in [-0.4, -0.2) is 41.1 Å². The highest BCUT2D eigenvalue weighted by Crippen LogP contribution is 2.29. The number of para-hydroxylation sites is 1. The molecule has 2 aromatic heterocycles. The topological polar surface area (TPSA) is 45.2 Å². The minimum absolute atomic E-state index is 0.784. The Kier molecular flexibility index (Phi) is 4.18. The van der Waals surface area contributed by atoms with E-state index in [0.717, 1.165) is 59.4 Å². The van der Waals surface area contributed by atoms with Gasteiger partial charge in [0.15, 0.2) is 11.0 Å². The molecule has 27 heavy (non-hydrogen) atoms. The smallest absolute Gasteiger partial charge is 0.185 e. The van der Waals surface area contributed by atoms with Crippen LogP contribution in [0, 0.1) is 0 Å². The molecule has 0 amide bonds. The Morgan fingerprint density at radius 1 is 0.778 bits per heavy atom. The molecule has 0 saturated carbocycles. The molecule has 0 N–H and O–H groups in total. The molecule has 0 radical (unpaired) electrons. The summed E-state index contributed by atoms with van der Waals surface area (Å²) in [5.41, 5.74) is 2.04. The summed E-state index contributed by atoms with van der Waals surface area (Å²) in [5.74, 6) is 1.81. The van der Waals surface area contributed by atoms with Crippen molar-refractivity contribution in [1.82, 2.24) is 15.0 Å². The zero-order chi connectivity index (χ0) is 18.1. The number of anilines is 2. The molecular weight excluding hydrogens is 354 g/mol. The molecule has 0 aliphatic carbocycles. The van der Waals surface area contributed by atoms with Gasteiger partial charge >= 0.3 is 0 Å². The highest BCUT2D eigenvalue weighted by molar-refractivity contribution is 7.13. The fraction of sp³-hybridized carbons (Fsp3) is 0.190. The molecule has 5 nitrogen and oxygen atoms in total. The lowest BCUT2D eigenvalue weighted by atomic mass is 10.1. The van der Waals surface area contributed by atoms with Gasteiger partial charge in [0, 0.05) is 48.7 Å². The van der Waals surface area contributed by atoms with Gasteiger partial charge in [0.1, 0.15) is 5.82 Å². The average Bonchev–Trinajstić information content (AvgIpc) is 3.29. The van der Waals surface area contributed by atoms with E-state index in [-0.39, 0.29) is 0 Å². The zero-order valence-electron chi connectivity index (χ0n) is 14.8. The molecule has 2 aromatic carbocycles. The molecule has 4 aromatic rings. The molecule has 6 heteroatoms. The van der Waals surface area contributed by atoms with Crippen LogP contribution in [0.25, 0.3) is 22.3 Å². The van der Waals surface area contributed by atoms with Gasteiger partial charge in [0.25, 0.3) is 0 Å². The first-order valence-electron chi connectivity index (χ1n) is 9.10. The van der Waals surface area contributed by atoms with E-state index in [1.54, 1.807) is 11.3 Å². The molecule has 134 valence electrons. The number of fused-ring (bicyclic) bond motifs is 1. The Hall–Kier alpha value is -2.99. The van der Waals surface area contributed by atoms with Crippen LogP contribution in [0.15, 0.2) is 66.2 Å². The minimum Gasteiger partial charge on any atom is -0.352 e. The highest BCUT2D eigenvalue weighted by atomic mass is 32.1. The number of hydrogen-bond donors (Lipinski definition) is 0. The van der Waals surface area contributed by atoms with Crippen molar-refractivity contribution in [2.45, 2.75) is 0 Å². The third-order valence-corrected chi connectivity index (χ3v) is 5.72.